The first-order valence-corrected chi connectivity index (χ1v) is 7.24. The van der Waals surface area contributed by atoms with Crippen LogP contribution < -0.4 is 0 Å². The minimum Gasteiger partial charge on any atom is -0.301 e. The molecule has 6 heteroatoms. The number of nitro benzene ring substituents is 1. The molecule has 1 aromatic rings. The van der Waals surface area contributed by atoms with Crippen molar-refractivity contribution in [3.63, 3.8) is 0 Å². The van der Waals surface area contributed by atoms with Gasteiger partial charge in [0.25, 0.3) is 5.69 Å². The van der Waals surface area contributed by atoms with Gasteiger partial charge >= 0.3 is 0 Å². The van der Waals surface area contributed by atoms with Gasteiger partial charge in [-0.3, -0.25) is 15.0 Å². The van der Waals surface area contributed by atoms with Crippen molar-refractivity contribution in [1.82, 2.24) is 9.80 Å². The van der Waals surface area contributed by atoms with Gasteiger partial charge in [0, 0.05) is 38.3 Å². The average molecular weight is 298 g/mol. The first-order chi connectivity index (χ1) is 9.51. The first kappa shape index (κ1) is 15.2. The number of hydrogen-bond donors (Lipinski definition) is 0. The standard InChI is InChI=1S/C14H20ClN3O2/c1-3-12-10-17(7-6-16(12)2)9-11-4-5-13(15)14(8-11)18(19)20/h4-5,8,12H,3,6-7,9-10H2,1-2H3. The van der Waals surface area contributed by atoms with Crippen LogP contribution in [0.5, 0.6) is 0 Å². The molecule has 1 aliphatic rings. The highest BCUT2D eigenvalue weighted by Gasteiger charge is 2.23. The van der Waals surface area contributed by atoms with Gasteiger partial charge in [-0.2, -0.15) is 0 Å². The lowest BCUT2D eigenvalue weighted by Gasteiger charge is -2.39. The van der Waals surface area contributed by atoms with E-state index in [1.165, 1.54) is 0 Å². The fourth-order valence-electron chi connectivity index (χ4n) is 2.65. The Bertz CT molecular complexity index is 495. The molecule has 2 rings (SSSR count). The Labute approximate surface area is 124 Å². The van der Waals surface area contributed by atoms with Crippen molar-refractivity contribution in [2.45, 2.75) is 25.9 Å². The van der Waals surface area contributed by atoms with Crippen LogP contribution in [0.25, 0.3) is 0 Å². The number of likely N-dealkylation sites (N-methyl/N-ethyl adjacent to an activating group) is 1. The van der Waals surface area contributed by atoms with Crippen LogP contribution in [0, 0.1) is 10.1 Å². The number of hydrogen-bond acceptors (Lipinski definition) is 4. The molecule has 0 radical (unpaired) electrons. The molecule has 1 aliphatic heterocycles. The third-order valence-corrected chi connectivity index (χ3v) is 4.27. The summed E-state index contributed by atoms with van der Waals surface area (Å²) in [5, 5.41) is 11.1. The Balaban J connectivity index is 2.07. The van der Waals surface area contributed by atoms with E-state index in [0.717, 1.165) is 38.2 Å². The Morgan fingerprint density at radius 1 is 1.45 bits per heavy atom. The van der Waals surface area contributed by atoms with Gasteiger partial charge < -0.3 is 4.90 Å². The second-order valence-corrected chi connectivity index (χ2v) is 5.73. The van der Waals surface area contributed by atoms with Crippen LogP contribution in [0.1, 0.15) is 18.9 Å². The van der Waals surface area contributed by atoms with Crippen molar-refractivity contribution in [3.05, 3.63) is 38.9 Å². The molecule has 20 heavy (non-hydrogen) atoms. The normalized spacial score (nSPS) is 21.1. The number of piperazine rings is 1. The van der Waals surface area contributed by atoms with Crippen LogP contribution in [0.2, 0.25) is 5.02 Å². The maximum atomic E-state index is 10.9. The summed E-state index contributed by atoms with van der Waals surface area (Å²) in [5.74, 6) is 0. The van der Waals surface area contributed by atoms with E-state index in [2.05, 4.69) is 23.8 Å². The zero-order chi connectivity index (χ0) is 14.7. The fourth-order valence-corrected chi connectivity index (χ4v) is 2.84. The summed E-state index contributed by atoms with van der Waals surface area (Å²) < 4.78 is 0. The van der Waals surface area contributed by atoms with Gasteiger partial charge in [0.1, 0.15) is 5.02 Å². The average Bonchev–Trinajstić information content (AvgIpc) is 2.42. The molecule has 0 amide bonds. The van der Waals surface area contributed by atoms with Crippen LogP contribution >= 0.6 is 11.6 Å². The maximum Gasteiger partial charge on any atom is 0.288 e. The van der Waals surface area contributed by atoms with E-state index in [4.69, 9.17) is 11.6 Å². The second kappa shape index (κ2) is 6.52. The molecule has 1 fully saturated rings. The van der Waals surface area contributed by atoms with Crippen molar-refractivity contribution in [3.8, 4) is 0 Å². The minimum absolute atomic E-state index is 0.00895. The zero-order valence-corrected chi connectivity index (χ0v) is 12.6. The van der Waals surface area contributed by atoms with E-state index < -0.39 is 4.92 Å². The SMILES string of the molecule is CCC1CN(Cc2ccc(Cl)c([N+](=O)[O-])c2)CCN1C. The van der Waals surface area contributed by atoms with Gasteiger partial charge in [-0.1, -0.05) is 24.6 Å². The molecule has 1 heterocycles. The van der Waals surface area contributed by atoms with Gasteiger partial charge in [-0.25, -0.2) is 0 Å². The molecular weight excluding hydrogens is 278 g/mol. The van der Waals surface area contributed by atoms with E-state index in [1.54, 1.807) is 12.1 Å². The molecule has 0 saturated carbocycles. The molecule has 0 aliphatic carbocycles. The van der Waals surface area contributed by atoms with Crippen molar-refractivity contribution in [1.29, 1.82) is 0 Å². The molecular formula is C14H20ClN3O2. The molecule has 110 valence electrons. The van der Waals surface area contributed by atoms with Crippen LogP contribution in [0.3, 0.4) is 0 Å². The summed E-state index contributed by atoms with van der Waals surface area (Å²) in [4.78, 5) is 15.2. The third kappa shape index (κ3) is 3.48. The lowest BCUT2D eigenvalue weighted by molar-refractivity contribution is -0.384. The van der Waals surface area contributed by atoms with Crippen molar-refractivity contribution >= 4 is 17.3 Å². The quantitative estimate of drug-likeness (QED) is 0.633. The Morgan fingerprint density at radius 2 is 2.20 bits per heavy atom. The van der Waals surface area contributed by atoms with Crippen LogP contribution in [-0.2, 0) is 6.54 Å². The highest BCUT2D eigenvalue weighted by atomic mass is 35.5. The van der Waals surface area contributed by atoms with E-state index >= 15 is 0 Å². The van der Waals surface area contributed by atoms with Gasteiger partial charge in [-0.15, -0.1) is 0 Å². The smallest absolute Gasteiger partial charge is 0.288 e. The van der Waals surface area contributed by atoms with Gasteiger partial charge in [0.15, 0.2) is 0 Å². The highest BCUT2D eigenvalue weighted by Crippen LogP contribution is 2.26. The van der Waals surface area contributed by atoms with Crippen molar-refractivity contribution < 1.29 is 4.92 Å². The summed E-state index contributed by atoms with van der Waals surface area (Å²) in [6, 6.07) is 5.63. The number of rotatable bonds is 4. The minimum atomic E-state index is -0.426. The summed E-state index contributed by atoms with van der Waals surface area (Å²) in [6.45, 7) is 5.96. The highest BCUT2D eigenvalue weighted by molar-refractivity contribution is 6.32. The zero-order valence-electron chi connectivity index (χ0n) is 11.9. The third-order valence-electron chi connectivity index (χ3n) is 3.95. The lowest BCUT2D eigenvalue weighted by atomic mass is 10.1. The Kier molecular flexibility index (Phi) is 4.96. The van der Waals surface area contributed by atoms with E-state index in [9.17, 15) is 10.1 Å². The molecule has 1 saturated heterocycles. The number of benzene rings is 1. The Hall–Kier alpha value is -1.17. The topological polar surface area (TPSA) is 49.6 Å². The number of nitro groups is 1. The monoisotopic (exact) mass is 297 g/mol. The fraction of sp³-hybridized carbons (Fsp3) is 0.571. The number of nitrogens with zero attached hydrogens (tertiary/aromatic N) is 3. The molecule has 0 aromatic heterocycles. The predicted octanol–water partition coefficient (Wildman–Crippen LogP) is 2.77. The molecule has 0 bridgehead atoms. The van der Waals surface area contributed by atoms with E-state index in [-0.39, 0.29) is 10.7 Å². The van der Waals surface area contributed by atoms with Gasteiger partial charge in [-0.05, 0) is 25.1 Å². The van der Waals surface area contributed by atoms with Crippen LogP contribution in [0.15, 0.2) is 18.2 Å². The maximum absolute atomic E-state index is 10.9. The Morgan fingerprint density at radius 3 is 2.85 bits per heavy atom. The summed E-state index contributed by atoms with van der Waals surface area (Å²) in [6.07, 6.45) is 1.12. The second-order valence-electron chi connectivity index (χ2n) is 5.32. The summed E-state index contributed by atoms with van der Waals surface area (Å²) >= 11 is 5.84. The van der Waals surface area contributed by atoms with Crippen LogP contribution in [0.4, 0.5) is 5.69 Å². The van der Waals surface area contributed by atoms with Gasteiger partial charge in [0.05, 0.1) is 4.92 Å². The number of halogens is 1. The van der Waals surface area contributed by atoms with Crippen LogP contribution in [-0.4, -0.2) is 47.4 Å². The molecule has 1 aromatic carbocycles. The van der Waals surface area contributed by atoms with Gasteiger partial charge in [0.2, 0.25) is 0 Å². The first-order valence-electron chi connectivity index (χ1n) is 6.86. The van der Waals surface area contributed by atoms with E-state index in [0.29, 0.717) is 6.04 Å². The largest absolute Gasteiger partial charge is 0.301 e. The summed E-state index contributed by atoms with van der Waals surface area (Å²) in [5.41, 5.74) is 0.936. The molecule has 5 nitrogen and oxygen atoms in total. The summed E-state index contributed by atoms with van der Waals surface area (Å²) in [7, 11) is 2.15. The molecule has 0 N–H and O–H groups in total. The predicted molar refractivity (Wildman–Crippen MR) is 80.1 cm³/mol. The lowest BCUT2D eigenvalue weighted by Crippen LogP contribution is -2.50. The van der Waals surface area contributed by atoms with E-state index in [1.807, 2.05) is 6.07 Å². The molecule has 1 atom stereocenters. The molecule has 1 unspecified atom stereocenters. The molecule has 0 spiro atoms. The van der Waals surface area contributed by atoms with Crippen molar-refractivity contribution in [2.75, 3.05) is 26.7 Å². The van der Waals surface area contributed by atoms with Crippen molar-refractivity contribution in [2.24, 2.45) is 0 Å².